The maximum atomic E-state index is 10.6. The second-order valence-electron chi connectivity index (χ2n) is 6.17. The Hall–Kier alpha value is -1.84. The van der Waals surface area contributed by atoms with Crippen molar-refractivity contribution in [3.8, 4) is 0 Å². The highest BCUT2D eigenvalue weighted by Crippen LogP contribution is 2.39. The predicted octanol–water partition coefficient (Wildman–Crippen LogP) is 3.26. The molecular weight excluding hydrogens is 264 g/mol. The lowest BCUT2D eigenvalue weighted by atomic mass is 9.91. The molecule has 2 aliphatic rings. The minimum Gasteiger partial charge on any atom is -0.478 e. The van der Waals surface area contributed by atoms with Crippen molar-refractivity contribution in [3.63, 3.8) is 0 Å². The van der Waals surface area contributed by atoms with Gasteiger partial charge < -0.3 is 10.0 Å². The van der Waals surface area contributed by atoms with Crippen molar-refractivity contribution in [1.82, 2.24) is 4.98 Å². The Labute approximate surface area is 125 Å². The number of nitrogens with zero attached hydrogens (tertiary/aromatic N) is 2. The molecular formula is C17H22N2O2. The highest BCUT2D eigenvalue weighted by molar-refractivity contribution is 5.85. The highest BCUT2D eigenvalue weighted by Gasteiger charge is 2.35. The van der Waals surface area contributed by atoms with E-state index in [-0.39, 0.29) is 0 Å². The number of carboxylic acid groups (broad SMARTS) is 1. The fourth-order valence-corrected chi connectivity index (χ4v) is 3.87. The molecule has 0 bridgehead atoms. The first kappa shape index (κ1) is 14.1. The summed E-state index contributed by atoms with van der Waals surface area (Å²) in [6.07, 6.45) is 11.1. The van der Waals surface area contributed by atoms with E-state index in [2.05, 4.69) is 16.8 Å². The third kappa shape index (κ3) is 2.94. The number of aliphatic carboxylic acids is 1. The van der Waals surface area contributed by atoms with Gasteiger partial charge in [-0.15, -0.1) is 0 Å². The molecule has 1 aromatic heterocycles. The van der Waals surface area contributed by atoms with Crippen molar-refractivity contribution in [3.05, 3.63) is 29.5 Å². The van der Waals surface area contributed by atoms with Gasteiger partial charge in [-0.1, -0.05) is 6.42 Å². The number of hydrogen-bond donors (Lipinski definition) is 1. The highest BCUT2D eigenvalue weighted by atomic mass is 16.4. The Morgan fingerprint density at radius 1 is 1.38 bits per heavy atom. The lowest BCUT2D eigenvalue weighted by molar-refractivity contribution is -0.131. The van der Waals surface area contributed by atoms with Crippen LogP contribution >= 0.6 is 0 Å². The number of fused-ring (bicyclic) bond motifs is 1. The quantitative estimate of drug-likeness (QED) is 0.867. The molecule has 2 heterocycles. The molecule has 0 radical (unpaired) electrons. The third-order valence-electron chi connectivity index (χ3n) is 4.76. The topological polar surface area (TPSA) is 53.4 Å². The van der Waals surface area contributed by atoms with Gasteiger partial charge in [0, 0.05) is 24.9 Å². The van der Waals surface area contributed by atoms with Crippen molar-refractivity contribution >= 4 is 17.9 Å². The second-order valence-corrected chi connectivity index (χ2v) is 6.17. The summed E-state index contributed by atoms with van der Waals surface area (Å²) in [7, 11) is 0. The average molecular weight is 286 g/mol. The van der Waals surface area contributed by atoms with E-state index in [0.717, 1.165) is 35.5 Å². The molecule has 21 heavy (non-hydrogen) atoms. The van der Waals surface area contributed by atoms with E-state index < -0.39 is 5.97 Å². The number of hydrogen-bond acceptors (Lipinski definition) is 3. The van der Waals surface area contributed by atoms with Crippen LogP contribution in [0.2, 0.25) is 0 Å². The molecule has 1 aliphatic heterocycles. The van der Waals surface area contributed by atoms with Crippen LogP contribution in [0, 0.1) is 12.8 Å². The molecule has 3 rings (SSSR count). The van der Waals surface area contributed by atoms with Gasteiger partial charge in [-0.2, -0.15) is 0 Å². The van der Waals surface area contributed by atoms with Gasteiger partial charge in [0.2, 0.25) is 0 Å². The van der Waals surface area contributed by atoms with E-state index in [1.54, 1.807) is 12.3 Å². The Kier molecular flexibility index (Phi) is 3.95. The molecule has 1 aromatic rings. The number of carboxylic acids is 1. The smallest absolute Gasteiger partial charge is 0.328 e. The van der Waals surface area contributed by atoms with Crippen LogP contribution in [0.3, 0.4) is 0 Å². The summed E-state index contributed by atoms with van der Waals surface area (Å²) in [4.78, 5) is 17.7. The van der Waals surface area contributed by atoms with Gasteiger partial charge in [-0.25, -0.2) is 9.78 Å². The Morgan fingerprint density at radius 2 is 2.19 bits per heavy atom. The Morgan fingerprint density at radius 3 is 2.95 bits per heavy atom. The van der Waals surface area contributed by atoms with Crippen LogP contribution in [0.1, 0.15) is 43.2 Å². The van der Waals surface area contributed by atoms with E-state index >= 15 is 0 Å². The molecule has 0 amide bonds. The van der Waals surface area contributed by atoms with Crippen LogP contribution in [0.15, 0.2) is 18.3 Å². The maximum Gasteiger partial charge on any atom is 0.328 e. The van der Waals surface area contributed by atoms with E-state index in [0.29, 0.717) is 6.04 Å². The van der Waals surface area contributed by atoms with Gasteiger partial charge in [0.25, 0.3) is 0 Å². The molecule has 1 aliphatic carbocycles. The van der Waals surface area contributed by atoms with Gasteiger partial charge in [-0.3, -0.25) is 0 Å². The summed E-state index contributed by atoms with van der Waals surface area (Å²) in [5.41, 5.74) is 1.98. The molecule has 4 heteroatoms. The van der Waals surface area contributed by atoms with E-state index in [4.69, 9.17) is 5.11 Å². The van der Waals surface area contributed by atoms with Crippen LogP contribution in [-0.4, -0.2) is 28.6 Å². The lowest BCUT2D eigenvalue weighted by Gasteiger charge is -2.39. The molecule has 2 fully saturated rings. The van der Waals surface area contributed by atoms with Gasteiger partial charge in [-0.05, 0) is 61.8 Å². The van der Waals surface area contributed by atoms with E-state index in [1.165, 1.54) is 32.1 Å². The average Bonchev–Trinajstić information content (AvgIpc) is 2.94. The lowest BCUT2D eigenvalue weighted by Crippen LogP contribution is -2.43. The Bertz CT molecular complexity index is 568. The SMILES string of the molecule is Cc1cc(/C=C/C(=O)O)cnc1N1CCCC2CCCC21. The summed E-state index contributed by atoms with van der Waals surface area (Å²) < 4.78 is 0. The van der Waals surface area contributed by atoms with Gasteiger partial charge >= 0.3 is 5.97 Å². The monoisotopic (exact) mass is 286 g/mol. The first-order chi connectivity index (χ1) is 10.1. The first-order valence-corrected chi connectivity index (χ1v) is 7.79. The summed E-state index contributed by atoms with van der Waals surface area (Å²) in [5, 5.41) is 8.69. The van der Waals surface area contributed by atoms with Crippen LogP contribution < -0.4 is 4.90 Å². The number of aryl methyl sites for hydroxylation is 1. The Balaban J connectivity index is 1.83. The van der Waals surface area contributed by atoms with E-state index in [1.807, 2.05) is 6.07 Å². The first-order valence-electron chi connectivity index (χ1n) is 7.79. The van der Waals surface area contributed by atoms with Crippen LogP contribution in [0.5, 0.6) is 0 Å². The summed E-state index contributed by atoms with van der Waals surface area (Å²) in [5.74, 6) is 0.993. The van der Waals surface area contributed by atoms with Crippen molar-refractivity contribution in [1.29, 1.82) is 0 Å². The van der Waals surface area contributed by atoms with Crippen molar-refractivity contribution in [2.24, 2.45) is 5.92 Å². The minimum absolute atomic E-state index is 0.658. The number of carbonyl (C=O) groups is 1. The number of rotatable bonds is 3. The number of piperidine rings is 1. The molecule has 2 unspecified atom stereocenters. The molecule has 1 saturated heterocycles. The van der Waals surface area contributed by atoms with Crippen LogP contribution in [-0.2, 0) is 4.79 Å². The molecule has 0 spiro atoms. The third-order valence-corrected chi connectivity index (χ3v) is 4.76. The summed E-state index contributed by atoms with van der Waals surface area (Å²) in [6, 6.07) is 2.69. The predicted molar refractivity (Wildman–Crippen MR) is 83.4 cm³/mol. The van der Waals surface area contributed by atoms with Crippen molar-refractivity contribution in [2.45, 2.75) is 45.1 Å². The fraction of sp³-hybridized carbons (Fsp3) is 0.529. The van der Waals surface area contributed by atoms with Crippen molar-refractivity contribution < 1.29 is 9.90 Å². The molecule has 112 valence electrons. The molecule has 2 atom stereocenters. The van der Waals surface area contributed by atoms with E-state index in [9.17, 15) is 4.79 Å². The standard InChI is InChI=1S/C17H22N2O2/c1-12-10-13(7-8-16(20)21)11-18-17(12)19-9-3-5-14-4-2-6-15(14)19/h7-8,10-11,14-15H,2-6,9H2,1H3,(H,20,21)/b8-7+. The zero-order chi connectivity index (χ0) is 14.8. The molecule has 1 N–H and O–H groups in total. The number of pyridine rings is 1. The number of anilines is 1. The van der Waals surface area contributed by atoms with Crippen LogP contribution in [0.25, 0.3) is 6.08 Å². The maximum absolute atomic E-state index is 10.6. The van der Waals surface area contributed by atoms with Gasteiger partial charge in [0.05, 0.1) is 0 Å². The zero-order valence-electron chi connectivity index (χ0n) is 12.5. The second kappa shape index (κ2) is 5.88. The largest absolute Gasteiger partial charge is 0.478 e. The summed E-state index contributed by atoms with van der Waals surface area (Å²) in [6.45, 7) is 3.17. The molecule has 0 aromatic carbocycles. The molecule has 4 nitrogen and oxygen atoms in total. The summed E-state index contributed by atoms with van der Waals surface area (Å²) >= 11 is 0. The van der Waals surface area contributed by atoms with Crippen molar-refractivity contribution in [2.75, 3.05) is 11.4 Å². The normalized spacial score (nSPS) is 25.3. The zero-order valence-corrected chi connectivity index (χ0v) is 12.5. The molecule has 1 saturated carbocycles. The van der Waals surface area contributed by atoms with Crippen LogP contribution in [0.4, 0.5) is 5.82 Å². The van der Waals surface area contributed by atoms with Gasteiger partial charge in [0.15, 0.2) is 0 Å². The fourth-order valence-electron chi connectivity index (χ4n) is 3.87. The number of aromatic nitrogens is 1. The van der Waals surface area contributed by atoms with Gasteiger partial charge in [0.1, 0.15) is 5.82 Å². The minimum atomic E-state index is -0.929.